The molecule has 5 aromatic rings. The zero-order valence-corrected chi connectivity index (χ0v) is 22.1. The number of aromatic nitrogens is 3. The van der Waals surface area contributed by atoms with Crippen LogP contribution in [0.2, 0.25) is 5.02 Å². The third-order valence-electron chi connectivity index (χ3n) is 6.21. The van der Waals surface area contributed by atoms with Gasteiger partial charge in [0.1, 0.15) is 16.6 Å². The molecule has 1 aliphatic rings. The normalized spacial score (nSPS) is 12.5. The number of methoxy groups -OCH3 is 1. The molecule has 0 fully saturated rings. The largest absolute Gasteiger partial charge is 0.496 e. The fourth-order valence-corrected chi connectivity index (χ4v) is 5.70. The van der Waals surface area contributed by atoms with E-state index in [4.69, 9.17) is 26.3 Å². The van der Waals surface area contributed by atoms with Crippen molar-refractivity contribution in [1.29, 1.82) is 0 Å². The molecule has 6 rings (SSSR count). The minimum Gasteiger partial charge on any atom is -0.496 e. The second-order valence-electron chi connectivity index (χ2n) is 8.68. The lowest BCUT2D eigenvalue weighted by Crippen LogP contribution is -2.09. The van der Waals surface area contributed by atoms with Crippen molar-refractivity contribution >= 4 is 50.5 Å². The van der Waals surface area contributed by atoms with Crippen molar-refractivity contribution in [2.24, 2.45) is 4.99 Å². The van der Waals surface area contributed by atoms with Gasteiger partial charge in [-0.2, -0.15) is 0 Å². The van der Waals surface area contributed by atoms with E-state index in [-0.39, 0.29) is 12.1 Å². The quantitative estimate of drug-likeness (QED) is 0.258. The molecule has 38 heavy (non-hydrogen) atoms. The van der Waals surface area contributed by atoms with E-state index in [9.17, 15) is 0 Å². The van der Waals surface area contributed by atoms with E-state index in [0.717, 1.165) is 38.6 Å². The van der Waals surface area contributed by atoms with Gasteiger partial charge in [0, 0.05) is 40.1 Å². The van der Waals surface area contributed by atoms with Gasteiger partial charge in [0.15, 0.2) is 0 Å². The lowest BCUT2D eigenvalue weighted by Gasteiger charge is -2.15. The molecule has 2 N–H and O–H groups in total. The van der Waals surface area contributed by atoms with Gasteiger partial charge in [-0.15, -0.1) is 11.3 Å². The van der Waals surface area contributed by atoms with Gasteiger partial charge >= 0.3 is 0 Å². The number of aliphatic imine (C=N–C) groups is 1. The molecule has 10 heteroatoms. The van der Waals surface area contributed by atoms with Crippen LogP contribution in [0, 0.1) is 5.82 Å². The first-order chi connectivity index (χ1) is 18.5. The molecule has 190 valence electrons. The predicted molar refractivity (Wildman–Crippen MR) is 150 cm³/mol. The number of halogens is 2. The highest BCUT2D eigenvalue weighted by Gasteiger charge is 2.25. The molecule has 0 amide bonds. The third-order valence-corrected chi connectivity index (χ3v) is 7.47. The summed E-state index contributed by atoms with van der Waals surface area (Å²) in [7, 11) is 3.42. The number of ether oxygens (including phenoxy) is 1. The highest BCUT2D eigenvalue weighted by Crippen LogP contribution is 2.36. The second-order valence-corrected chi connectivity index (χ2v) is 10.2. The van der Waals surface area contributed by atoms with Crippen LogP contribution in [-0.4, -0.2) is 34.8 Å². The van der Waals surface area contributed by atoms with Crippen molar-refractivity contribution in [3.8, 4) is 17.0 Å². The number of nitrogens with zero attached hydrogens (tertiary/aromatic N) is 4. The maximum Gasteiger partial charge on any atom is 0.227 e. The molecule has 7 nitrogen and oxygen atoms in total. The molecule has 0 radical (unpaired) electrons. The van der Waals surface area contributed by atoms with E-state index in [0.29, 0.717) is 33.7 Å². The number of anilines is 2. The topological polar surface area (TPSA) is 84.3 Å². The van der Waals surface area contributed by atoms with E-state index < -0.39 is 5.82 Å². The van der Waals surface area contributed by atoms with Crippen LogP contribution in [0.4, 0.5) is 16.0 Å². The van der Waals surface area contributed by atoms with Crippen LogP contribution in [0.25, 0.3) is 21.5 Å². The summed E-state index contributed by atoms with van der Waals surface area (Å²) in [5, 5.41) is 7.99. The van der Waals surface area contributed by atoms with Gasteiger partial charge in [-0.25, -0.2) is 19.3 Å². The minimum absolute atomic E-state index is 0.274. The average molecular weight is 545 g/mol. The monoisotopic (exact) mass is 544 g/mol. The molecule has 3 heterocycles. The van der Waals surface area contributed by atoms with Crippen LogP contribution >= 0.6 is 22.9 Å². The first-order valence-electron chi connectivity index (χ1n) is 11.9. The SMILES string of the molecule is CNCc1nc2ccc(Nc3ncc4c(n3)-c3ccc(Cl)cc3C(c3c(F)cccc3OC)=NC4)cc2s1. The summed E-state index contributed by atoms with van der Waals surface area (Å²) in [6.45, 7) is 0.998. The van der Waals surface area contributed by atoms with E-state index in [1.165, 1.54) is 13.2 Å². The Kier molecular flexibility index (Phi) is 6.49. The first-order valence-corrected chi connectivity index (χ1v) is 13.1. The van der Waals surface area contributed by atoms with Gasteiger partial charge < -0.3 is 15.4 Å². The maximum absolute atomic E-state index is 15.1. The second kappa shape index (κ2) is 10.1. The Morgan fingerprint density at radius 2 is 1.97 bits per heavy atom. The Bertz CT molecular complexity index is 1720. The number of rotatable bonds is 6. The van der Waals surface area contributed by atoms with Crippen LogP contribution in [0.15, 0.2) is 65.8 Å². The first kappa shape index (κ1) is 24.4. The zero-order valence-electron chi connectivity index (χ0n) is 20.5. The molecule has 0 bridgehead atoms. The van der Waals surface area contributed by atoms with E-state index in [1.54, 1.807) is 41.8 Å². The van der Waals surface area contributed by atoms with E-state index in [1.807, 2.05) is 31.3 Å². The molecular formula is C28H22ClFN6OS. The summed E-state index contributed by atoms with van der Waals surface area (Å²) in [6, 6.07) is 16.2. The number of thiazole rings is 1. The average Bonchev–Trinajstić information content (AvgIpc) is 3.25. The smallest absolute Gasteiger partial charge is 0.227 e. The number of fused-ring (bicyclic) bond motifs is 4. The highest BCUT2D eigenvalue weighted by molar-refractivity contribution is 7.18. The van der Waals surface area contributed by atoms with Crippen LogP contribution in [0.5, 0.6) is 5.75 Å². The molecule has 0 atom stereocenters. The number of nitrogens with one attached hydrogen (secondary N) is 2. The molecule has 1 aliphatic heterocycles. The summed E-state index contributed by atoms with van der Waals surface area (Å²) in [5.74, 6) is 0.408. The Hall–Kier alpha value is -3.92. The van der Waals surface area contributed by atoms with Crippen molar-refractivity contribution < 1.29 is 9.13 Å². The predicted octanol–water partition coefficient (Wildman–Crippen LogP) is 6.37. The number of hydrogen-bond donors (Lipinski definition) is 2. The highest BCUT2D eigenvalue weighted by atomic mass is 35.5. The van der Waals surface area contributed by atoms with Crippen molar-refractivity contribution in [3.63, 3.8) is 0 Å². The van der Waals surface area contributed by atoms with E-state index >= 15 is 4.39 Å². The fraction of sp³-hybridized carbons (Fsp3) is 0.143. The summed E-state index contributed by atoms with van der Waals surface area (Å²) in [5.41, 5.74) is 5.53. The molecule has 0 aliphatic carbocycles. The Morgan fingerprint density at radius 3 is 2.82 bits per heavy atom. The standard InChI is InChI=1S/C28H22ClFN6OS/c1-31-14-24-35-21-9-7-17(11-23(21)38-24)34-28-33-13-15-12-32-27(25-20(30)4-3-5-22(25)37-2)19-10-16(29)6-8-18(19)26(15)36-28/h3-11,13,31H,12,14H2,1-2H3,(H,33,34,36). The lowest BCUT2D eigenvalue weighted by molar-refractivity contribution is 0.410. The molecular weight excluding hydrogens is 523 g/mol. The van der Waals surface area contributed by atoms with Crippen LogP contribution in [0.1, 0.15) is 21.7 Å². The summed E-state index contributed by atoms with van der Waals surface area (Å²) < 4.78 is 21.7. The summed E-state index contributed by atoms with van der Waals surface area (Å²) in [4.78, 5) is 18.8. The fourth-order valence-electron chi connectivity index (χ4n) is 4.51. The summed E-state index contributed by atoms with van der Waals surface area (Å²) in [6.07, 6.45) is 1.75. The zero-order chi connectivity index (χ0) is 26.2. The Morgan fingerprint density at radius 1 is 1.08 bits per heavy atom. The lowest BCUT2D eigenvalue weighted by atomic mass is 9.94. The van der Waals surface area contributed by atoms with Gasteiger partial charge in [-0.3, -0.25) is 4.99 Å². The van der Waals surface area contributed by atoms with Crippen LogP contribution < -0.4 is 15.4 Å². The molecule has 3 aromatic carbocycles. The molecule has 0 saturated carbocycles. The van der Waals surface area contributed by atoms with Gasteiger partial charge in [0.2, 0.25) is 5.95 Å². The van der Waals surface area contributed by atoms with Crippen molar-refractivity contribution in [3.05, 3.63) is 93.3 Å². The van der Waals surface area contributed by atoms with Crippen LogP contribution in [0.3, 0.4) is 0 Å². The van der Waals surface area contributed by atoms with Gasteiger partial charge in [-0.1, -0.05) is 23.7 Å². The van der Waals surface area contributed by atoms with E-state index in [2.05, 4.69) is 20.6 Å². The molecule has 0 spiro atoms. The summed E-state index contributed by atoms with van der Waals surface area (Å²) >= 11 is 8.04. The maximum atomic E-state index is 15.1. The third kappa shape index (κ3) is 4.49. The van der Waals surface area contributed by atoms with Gasteiger partial charge in [-0.05, 0) is 49.5 Å². The Labute approximate surface area is 227 Å². The molecule has 0 unspecified atom stereocenters. The van der Waals surface area contributed by atoms with Crippen molar-refractivity contribution in [2.45, 2.75) is 13.1 Å². The number of hydrogen-bond acceptors (Lipinski definition) is 8. The van der Waals surface area contributed by atoms with Crippen molar-refractivity contribution in [2.75, 3.05) is 19.5 Å². The molecule has 0 saturated heterocycles. The van der Waals surface area contributed by atoms with Gasteiger partial charge in [0.05, 0.1) is 40.8 Å². The number of benzene rings is 3. The Balaban J connectivity index is 1.41. The van der Waals surface area contributed by atoms with Gasteiger partial charge in [0.25, 0.3) is 0 Å². The van der Waals surface area contributed by atoms with Crippen molar-refractivity contribution in [1.82, 2.24) is 20.3 Å². The minimum atomic E-state index is -0.426. The molecule has 2 aromatic heterocycles. The van der Waals surface area contributed by atoms with Crippen LogP contribution in [-0.2, 0) is 13.1 Å².